The third kappa shape index (κ3) is 4.04. The van der Waals surface area contributed by atoms with Crippen LogP contribution in [-0.2, 0) is 0 Å². The lowest BCUT2D eigenvalue weighted by molar-refractivity contribution is 0.112. The molecule has 100 valence electrons. The molecule has 0 radical (unpaired) electrons. The monoisotopic (exact) mass is 261 g/mol. The van der Waals surface area contributed by atoms with Gasteiger partial charge in [0.25, 0.3) is 0 Å². The Kier molecular flexibility index (Phi) is 5.98. The molecule has 1 rings (SSSR count). The normalized spacial score (nSPS) is 10.0. The molecule has 0 aliphatic heterocycles. The highest BCUT2D eigenvalue weighted by atomic mass is 16.5. The number of carbonyl (C=O) groups is 1. The van der Waals surface area contributed by atoms with Crippen LogP contribution in [0.25, 0.3) is 16.5 Å². The van der Waals surface area contributed by atoms with Crippen molar-refractivity contribution in [2.45, 2.75) is 6.42 Å². The molecule has 0 saturated carbocycles. The van der Waals surface area contributed by atoms with Crippen LogP contribution in [0.1, 0.15) is 22.3 Å². The molecule has 0 spiro atoms. The molecular formula is C13H15N3O3. The molecular weight excluding hydrogens is 246 g/mol. The second-order valence-corrected chi connectivity index (χ2v) is 3.60. The number of benzene rings is 1. The molecule has 0 bridgehead atoms. The lowest BCUT2D eigenvalue weighted by Gasteiger charge is -2.09. The summed E-state index contributed by atoms with van der Waals surface area (Å²) in [6.45, 7) is 0.402. The molecule has 0 unspecified atom stereocenters. The first-order chi connectivity index (χ1) is 9.26. The van der Waals surface area contributed by atoms with Crippen molar-refractivity contribution in [1.82, 2.24) is 0 Å². The van der Waals surface area contributed by atoms with Crippen LogP contribution in [0.5, 0.6) is 11.5 Å². The number of hydrogen-bond donors (Lipinski definition) is 0. The molecule has 1 aromatic rings. The largest absolute Gasteiger partial charge is 0.496 e. The molecule has 19 heavy (non-hydrogen) atoms. The van der Waals surface area contributed by atoms with Crippen molar-refractivity contribution >= 4 is 12.4 Å². The fraction of sp³-hybridized carbons (Fsp3) is 0.308. The van der Waals surface area contributed by atoms with Crippen LogP contribution in [0.15, 0.2) is 23.3 Å². The molecule has 6 nitrogen and oxygen atoms in total. The molecule has 0 N–H and O–H groups in total. The summed E-state index contributed by atoms with van der Waals surface area (Å²) in [5, 5.41) is 3.43. The van der Waals surface area contributed by atoms with Gasteiger partial charge in [-0.25, -0.2) is 0 Å². The molecule has 0 aliphatic rings. The van der Waals surface area contributed by atoms with Crippen molar-refractivity contribution in [1.29, 1.82) is 0 Å². The van der Waals surface area contributed by atoms with Crippen LogP contribution in [0.3, 0.4) is 0 Å². The minimum atomic E-state index is 0.402. The Morgan fingerprint density at radius 1 is 1.26 bits per heavy atom. The van der Waals surface area contributed by atoms with E-state index in [0.29, 0.717) is 30.0 Å². The van der Waals surface area contributed by atoms with Crippen molar-refractivity contribution in [3.63, 3.8) is 0 Å². The highest BCUT2D eigenvalue weighted by Gasteiger charge is 2.08. The van der Waals surface area contributed by atoms with E-state index in [4.69, 9.17) is 15.0 Å². The second-order valence-electron chi connectivity index (χ2n) is 3.60. The van der Waals surface area contributed by atoms with E-state index in [9.17, 15) is 4.79 Å². The van der Waals surface area contributed by atoms with Crippen LogP contribution in [-0.4, -0.2) is 27.1 Å². The lowest BCUT2D eigenvalue weighted by atomic mass is 10.1. The van der Waals surface area contributed by atoms with Crippen LogP contribution in [0.4, 0.5) is 0 Å². The highest BCUT2D eigenvalue weighted by molar-refractivity contribution is 5.82. The molecule has 0 heterocycles. The van der Waals surface area contributed by atoms with E-state index in [1.807, 2.05) is 12.2 Å². The Labute approximate surface area is 111 Å². The lowest BCUT2D eigenvalue weighted by Crippen LogP contribution is -1.95. The summed E-state index contributed by atoms with van der Waals surface area (Å²) in [7, 11) is 3.04. The van der Waals surface area contributed by atoms with Crippen molar-refractivity contribution in [3.05, 3.63) is 39.8 Å². The fourth-order valence-electron chi connectivity index (χ4n) is 1.55. The first-order valence-electron chi connectivity index (χ1n) is 5.65. The first kappa shape index (κ1) is 14.6. The summed E-state index contributed by atoms with van der Waals surface area (Å²) in [6, 6.07) is 3.35. The zero-order valence-electron chi connectivity index (χ0n) is 10.9. The van der Waals surface area contributed by atoms with Crippen LogP contribution in [0, 0.1) is 0 Å². The van der Waals surface area contributed by atoms with Gasteiger partial charge < -0.3 is 9.47 Å². The van der Waals surface area contributed by atoms with Crippen molar-refractivity contribution in [2.24, 2.45) is 5.11 Å². The standard InChI is InChI=1S/C13H15N3O3/c1-18-12-8-11(9-17)13(19-2)7-10(12)5-3-4-6-15-16-14/h3,5,7-9H,4,6H2,1-2H3. The third-order valence-electron chi connectivity index (χ3n) is 2.47. The molecule has 6 heteroatoms. The van der Waals surface area contributed by atoms with Gasteiger partial charge in [-0.15, -0.1) is 0 Å². The van der Waals surface area contributed by atoms with Crippen molar-refractivity contribution in [3.8, 4) is 11.5 Å². The van der Waals surface area contributed by atoms with Gasteiger partial charge in [-0.3, -0.25) is 4.79 Å². The molecule has 0 amide bonds. The summed E-state index contributed by atoms with van der Waals surface area (Å²) >= 11 is 0. The summed E-state index contributed by atoms with van der Waals surface area (Å²) < 4.78 is 10.4. The number of azide groups is 1. The van der Waals surface area contributed by atoms with E-state index in [1.165, 1.54) is 14.2 Å². The Balaban J connectivity index is 2.98. The maximum Gasteiger partial charge on any atom is 0.153 e. The van der Waals surface area contributed by atoms with E-state index in [2.05, 4.69) is 10.0 Å². The van der Waals surface area contributed by atoms with E-state index < -0.39 is 0 Å². The minimum absolute atomic E-state index is 0.402. The van der Waals surface area contributed by atoms with Crippen molar-refractivity contribution < 1.29 is 14.3 Å². The molecule has 0 aliphatic carbocycles. The average molecular weight is 261 g/mol. The van der Waals surface area contributed by atoms with Gasteiger partial charge in [-0.1, -0.05) is 17.3 Å². The number of nitrogens with zero attached hydrogens (tertiary/aromatic N) is 3. The predicted molar refractivity (Wildman–Crippen MR) is 72.6 cm³/mol. The number of rotatable bonds is 7. The van der Waals surface area contributed by atoms with E-state index in [1.54, 1.807) is 12.1 Å². The number of ether oxygens (including phenoxy) is 2. The number of hydrogen-bond acceptors (Lipinski definition) is 4. The number of aldehydes is 1. The SMILES string of the molecule is COc1cc(C=CCCN=[N+]=[N-])c(OC)cc1C=O. The van der Waals surface area contributed by atoms with E-state index in [-0.39, 0.29) is 0 Å². The van der Waals surface area contributed by atoms with E-state index >= 15 is 0 Å². The zero-order chi connectivity index (χ0) is 14.1. The summed E-state index contributed by atoms with van der Waals surface area (Å²) in [5.74, 6) is 1.08. The molecule has 0 saturated heterocycles. The van der Waals surface area contributed by atoms with Gasteiger partial charge in [0, 0.05) is 17.0 Å². The Hall–Kier alpha value is -2.46. The fourth-order valence-corrected chi connectivity index (χ4v) is 1.55. The van der Waals surface area contributed by atoms with Crippen LogP contribution < -0.4 is 9.47 Å². The highest BCUT2D eigenvalue weighted by Crippen LogP contribution is 2.28. The van der Waals surface area contributed by atoms with Gasteiger partial charge in [-0.2, -0.15) is 0 Å². The molecule has 0 atom stereocenters. The predicted octanol–water partition coefficient (Wildman–Crippen LogP) is 3.23. The molecule has 1 aromatic carbocycles. The van der Waals surface area contributed by atoms with Crippen molar-refractivity contribution in [2.75, 3.05) is 20.8 Å². The van der Waals surface area contributed by atoms with Crippen LogP contribution >= 0.6 is 0 Å². The average Bonchev–Trinajstić information content (AvgIpc) is 2.46. The van der Waals surface area contributed by atoms with Gasteiger partial charge in [0.05, 0.1) is 19.8 Å². The number of carbonyl (C=O) groups excluding carboxylic acids is 1. The van der Waals surface area contributed by atoms with Gasteiger partial charge >= 0.3 is 0 Å². The second kappa shape index (κ2) is 7.79. The molecule has 0 fully saturated rings. The minimum Gasteiger partial charge on any atom is -0.496 e. The molecule has 0 aromatic heterocycles. The zero-order valence-corrected chi connectivity index (χ0v) is 10.9. The van der Waals surface area contributed by atoms with Gasteiger partial charge in [0.2, 0.25) is 0 Å². The topological polar surface area (TPSA) is 84.3 Å². The van der Waals surface area contributed by atoms with E-state index in [0.717, 1.165) is 11.8 Å². The Bertz CT molecular complexity index is 520. The van der Waals surface area contributed by atoms with Gasteiger partial charge in [0.1, 0.15) is 11.5 Å². The van der Waals surface area contributed by atoms with Gasteiger partial charge in [0.15, 0.2) is 6.29 Å². The summed E-state index contributed by atoms with van der Waals surface area (Å²) in [4.78, 5) is 13.6. The Morgan fingerprint density at radius 3 is 2.47 bits per heavy atom. The van der Waals surface area contributed by atoms with Crippen LogP contribution in [0.2, 0.25) is 0 Å². The quantitative estimate of drug-likeness (QED) is 0.248. The first-order valence-corrected chi connectivity index (χ1v) is 5.65. The Morgan fingerprint density at radius 2 is 1.89 bits per heavy atom. The number of methoxy groups -OCH3 is 2. The summed E-state index contributed by atoms with van der Waals surface area (Å²) in [6.07, 6.45) is 5.05. The maximum atomic E-state index is 10.9. The smallest absolute Gasteiger partial charge is 0.153 e. The maximum absolute atomic E-state index is 10.9. The van der Waals surface area contributed by atoms with Gasteiger partial charge in [-0.05, 0) is 24.1 Å². The summed E-state index contributed by atoms with van der Waals surface area (Å²) in [5.41, 5.74) is 9.39. The third-order valence-corrected chi connectivity index (χ3v) is 2.47.